The fourth-order valence-electron chi connectivity index (χ4n) is 4.40. The van der Waals surface area contributed by atoms with E-state index in [0.717, 1.165) is 29.7 Å². The molecule has 266 valence electrons. The molecule has 5 rings (SSSR count). The molecule has 0 amide bonds. The number of sulfone groups is 1. The summed E-state index contributed by atoms with van der Waals surface area (Å²) in [5.41, 5.74) is -1.60. The molecule has 0 aliphatic rings. The van der Waals surface area contributed by atoms with Crippen molar-refractivity contribution in [2.24, 2.45) is 10.2 Å². The molecule has 24 heteroatoms. The summed E-state index contributed by atoms with van der Waals surface area (Å²) in [7, 11) is -18.9. The Kier molecular flexibility index (Phi) is 9.85. The molecule has 1 aromatic heterocycles. The summed E-state index contributed by atoms with van der Waals surface area (Å²) >= 11 is 6.08. The van der Waals surface area contributed by atoms with E-state index >= 15 is 0 Å². The summed E-state index contributed by atoms with van der Waals surface area (Å²) in [6, 6.07) is 12.1. The lowest BCUT2D eigenvalue weighted by Gasteiger charge is -2.15. The van der Waals surface area contributed by atoms with E-state index in [9.17, 15) is 52.4 Å². The Hall–Kier alpha value is -5.14. The lowest BCUT2D eigenvalue weighted by Crippen LogP contribution is -2.06. The Balaban J connectivity index is 1.67. The first-order valence-corrected chi connectivity index (χ1v) is 19.6. The molecule has 4 aromatic carbocycles. The number of aromatic nitrogens is 3. The van der Waals surface area contributed by atoms with Crippen LogP contribution in [0.25, 0.3) is 10.8 Å². The van der Waals surface area contributed by atoms with Gasteiger partial charge in [0, 0.05) is 16.5 Å². The molecule has 0 bridgehead atoms. The fourth-order valence-corrected chi connectivity index (χ4v) is 7.09. The molecule has 19 nitrogen and oxygen atoms in total. The largest absolute Gasteiger partial charge is 0.505 e. The Morgan fingerprint density at radius 2 is 1.31 bits per heavy atom. The van der Waals surface area contributed by atoms with Crippen molar-refractivity contribution < 1.29 is 52.4 Å². The first kappa shape index (κ1) is 37.1. The van der Waals surface area contributed by atoms with Crippen molar-refractivity contribution in [3.8, 4) is 5.75 Å². The molecule has 0 unspecified atom stereocenters. The predicted octanol–water partition coefficient (Wildman–Crippen LogP) is 4.94. The van der Waals surface area contributed by atoms with Crippen LogP contribution < -0.4 is 10.6 Å². The lowest BCUT2D eigenvalue weighted by atomic mass is 10.1. The average molecular weight is 798 g/mol. The van der Waals surface area contributed by atoms with E-state index < -0.39 is 99.7 Å². The van der Waals surface area contributed by atoms with Crippen LogP contribution in [0.3, 0.4) is 0 Å². The third kappa shape index (κ3) is 8.26. The van der Waals surface area contributed by atoms with E-state index in [-0.39, 0.29) is 16.5 Å². The Morgan fingerprint density at radius 3 is 1.90 bits per heavy atom. The standard InChI is InChI=1S/C27H20ClN7O12S4/c1-2-48(37,38)16-9-7-15(8-10-16)29-26-31-25(28)32-27(33-26)30-19-13-17(49(39,40)41)11-14-12-21(51(45,46)47)23(24(36)22(14)19)35-34-18-5-3-4-6-20(18)50(42,43)44/h2-13,36H,1H2,(H,39,40,41)(H,42,43,44)(H,45,46,47)(H2,29,30,31,32,33). The Bertz CT molecular complexity index is 2730. The number of halogens is 1. The first-order valence-electron chi connectivity index (χ1n) is 13.4. The summed E-state index contributed by atoms with van der Waals surface area (Å²) < 4.78 is 126. The fraction of sp³-hybridized carbons (Fsp3) is 0. The van der Waals surface area contributed by atoms with Crippen LogP contribution >= 0.6 is 11.6 Å². The van der Waals surface area contributed by atoms with Gasteiger partial charge >= 0.3 is 0 Å². The van der Waals surface area contributed by atoms with Crippen LogP contribution in [0.1, 0.15) is 0 Å². The highest BCUT2D eigenvalue weighted by atomic mass is 35.5. The molecule has 0 aliphatic heterocycles. The molecule has 5 aromatic rings. The van der Waals surface area contributed by atoms with Gasteiger partial charge in [-0.15, -0.1) is 10.2 Å². The molecule has 1 heterocycles. The van der Waals surface area contributed by atoms with Crippen molar-refractivity contribution in [1.82, 2.24) is 15.0 Å². The molecule has 0 saturated heterocycles. The monoisotopic (exact) mass is 797 g/mol. The number of anilines is 4. The van der Waals surface area contributed by atoms with E-state index in [0.29, 0.717) is 6.07 Å². The summed E-state index contributed by atoms with van der Waals surface area (Å²) in [5.74, 6) is -1.71. The van der Waals surface area contributed by atoms with Gasteiger partial charge in [-0.05, 0) is 71.6 Å². The number of phenols is 1. The van der Waals surface area contributed by atoms with E-state index in [4.69, 9.17) is 11.6 Å². The zero-order chi connectivity index (χ0) is 37.5. The molecular weight excluding hydrogens is 778 g/mol. The van der Waals surface area contributed by atoms with E-state index in [1.54, 1.807) is 0 Å². The summed E-state index contributed by atoms with van der Waals surface area (Å²) in [5, 5.41) is 23.5. The average Bonchev–Trinajstić information content (AvgIpc) is 3.02. The van der Waals surface area contributed by atoms with Crippen LogP contribution in [0, 0.1) is 0 Å². The van der Waals surface area contributed by atoms with Gasteiger partial charge in [-0.2, -0.15) is 40.2 Å². The highest BCUT2D eigenvalue weighted by molar-refractivity contribution is 7.94. The van der Waals surface area contributed by atoms with Crippen LogP contribution in [0.4, 0.5) is 34.6 Å². The molecule has 0 saturated carbocycles. The lowest BCUT2D eigenvalue weighted by molar-refractivity contribution is 0.472. The Morgan fingerprint density at radius 1 is 0.706 bits per heavy atom. The SMILES string of the molecule is C=CS(=O)(=O)c1ccc(Nc2nc(Cl)nc(Nc3cc(S(=O)(=O)O)cc4cc(S(=O)(=O)O)c(N=Nc5ccccc5S(=O)(=O)O)c(O)c34)n2)cc1. The molecule has 0 radical (unpaired) electrons. The van der Waals surface area contributed by atoms with Gasteiger partial charge < -0.3 is 15.7 Å². The molecule has 0 atom stereocenters. The molecule has 51 heavy (non-hydrogen) atoms. The number of fused-ring (bicyclic) bond motifs is 1. The van der Waals surface area contributed by atoms with Crippen LogP contribution in [-0.4, -0.2) is 67.4 Å². The van der Waals surface area contributed by atoms with Crippen molar-refractivity contribution in [1.29, 1.82) is 0 Å². The number of benzene rings is 4. The first-order chi connectivity index (χ1) is 23.7. The number of nitrogens with one attached hydrogen (secondary N) is 2. The highest BCUT2D eigenvalue weighted by Crippen LogP contribution is 2.46. The van der Waals surface area contributed by atoms with Crippen molar-refractivity contribution >= 4 is 97.2 Å². The Labute approximate surface area is 293 Å². The minimum absolute atomic E-state index is 0.0526. The molecule has 0 aliphatic carbocycles. The third-order valence-corrected chi connectivity index (χ3v) is 10.7. The predicted molar refractivity (Wildman–Crippen MR) is 181 cm³/mol. The van der Waals surface area contributed by atoms with E-state index in [2.05, 4.69) is 42.4 Å². The van der Waals surface area contributed by atoms with Gasteiger partial charge in [-0.3, -0.25) is 13.7 Å². The normalized spacial score (nSPS) is 12.6. The van der Waals surface area contributed by atoms with Crippen LogP contribution in [0.15, 0.2) is 109 Å². The molecule has 0 fully saturated rings. The maximum atomic E-state index is 12.4. The minimum Gasteiger partial charge on any atom is -0.505 e. The molecule has 6 N–H and O–H groups in total. The number of azo groups is 1. The summed E-state index contributed by atoms with van der Waals surface area (Å²) in [6.45, 7) is 3.26. The van der Waals surface area contributed by atoms with Gasteiger partial charge in [0.1, 0.15) is 21.2 Å². The van der Waals surface area contributed by atoms with Crippen molar-refractivity contribution in [2.75, 3.05) is 10.6 Å². The van der Waals surface area contributed by atoms with E-state index in [1.807, 2.05) is 0 Å². The van der Waals surface area contributed by atoms with Crippen LogP contribution in [0.2, 0.25) is 5.28 Å². The highest BCUT2D eigenvalue weighted by Gasteiger charge is 2.26. The molecular formula is C27H20ClN7O12S4. The van der Waals surface area contributed by atoms with Gasteiger partial charge in [-0.1, -0.05) is 18.7 Å². The number of hydrogen-bond acceptors (Lipinski definition) is 16. The zero-order valence-corrected chi connectivity index (χ0v) is 29.0. The third-order valence-electron chi connectivity index (χ3n) is 6.61. The summed E-state index contributed by atoms with van der Waals surface area (Å²) in [4.78, 5) is 9.17. The smallest absolute Gasteiger partial charge is 0.296 e. The second-order valence-electron chi connectivity index (χ2n) is 9.97. The van der Waals surface area contributed by atoms with Crippen LogP contribution in [-0.2, 0) is 40.2 Å². The topological polar surface area (TPSA) is 305 Å². The second-order valence-corrected chi connectivity index (χ2v) is 16.4. The van der Waals surface area contributed by atoms with Gasteiger partial charge in [-0.25, -0.2) is 8.42 Å². The zero-order valence-electron chi connectivity index (χ0n) is 24.9. The molecule has 0 spiro atoms. The second kappa shape index (κ2) is 13.5. The number of nitrogens with zero attached hydrogens (tertiary/aromatic N) is 5. The summed E-state index contributed by atoms with van der Waals surface area (Å²) in [6.07, 6.45) is 0. The van der Waals surface area contributed by atoms with Crippen molar-refractivity contribution in [3.63, 3.8) is 0 Å². The number of rotatable bonds is 11. The van der Waals surface area contributed by atoms with Gasteiger partial charge in [0.25, 0.3) is 30.4 Å². The van der Waals surface area contributed by atoms with E-state index in [1.165, 1.54) is 36.4 Å². The minimum atomic E-state index is -5.27. The number of aromatic hydroxyl groups is 1. The number of hydrogen-bond donors (Lipinski definition) is 6. The number of phenolic OH excluding ortho intramolecular Hbond substituents is 1. The van der Waals surface area contributed by atoms with Gasteiger partial charge in [0.2, 0.25) is 17.2 Å². The van der Waals surface area contributed by atoms with Crippen molar-refractivity contribution in [3.05, 3.63) is 84.0 Å². The van der Waals surface area contributed by atoms with Gasteiger partial charge in [0.15, 0.2) is 15.6 Å². The van der Waals surface area contributed by atoms with Gasteiger partial charge in [0.05, 0.1) is 15.5 Å². The maximum Gasteiger partial charge on any atom is 0.296 e. The maximum absolute atomic E-state index is 12.4. The van der Waals surface area contributed by atoms with Crippen molar-refractivity contribution in [2.45, 2.75) is 19.6 Å². The van der Waals surface area contributed by atoms with Crippen LogP contribution in [0.5, 0.6) is 5.75 Å². The quantitative estimate of drug-likeness (QED) is 0.0761.